The quantitative estimate of drug-likeness (QED) is 0.592. The van der Waals surface area contributed by atoms with Gasteiger partial charge in [0.05, 0.1) is 11.8 Å². The van der Waals surface area contributed by atoms with E-state index in [9.17, 15) is 0 Å². The molecule has 0 aliphatic heterocycles. The second kappa shape index (κ2) is 5.65. The Morgan fingerprint density at radius 2 is 1.90 bits per heavy atom. The van der Waals surface area contributed by atoms with Crippen molar-refractivity contribution in [1.82, 2.24) is 14.9 Å². The maximum Gasteiger partial charge on any atom is 0.210 e. The zero-order valence-electron chi connectivity index (χ0n) is 11.9. The highest BCUT2D eigenvalue weighted by Gasteiger charge is 2.15. The van der Waals surface area contributed by atoms with Crippen LogP contribution in [0.4, 0.5) is 0 Å². The van der Waals surface area contributed by atoms with Gasteiger partial charge in [-0.1, -0.05) is 41.6 Å². The third kappa shape index (κ3) is 2.80. The molecule has 2 aromatic heterocycles. The molecule has 0 fully saturated rings. The van der Waals surface area contributed by atoms with Gasteiger partial charge in [0.1, 0.15) is 5.76 Å². The predicted molar refractivity (Wildman–Crippen MR) is 83.4 cm³/mol. The Morgan fingerprint density at radius 3 is 2.57 bits per heavy atom. The number of hydrogen-bond donors (Lipinski definition) is 1. The summed E-state index contributed by atoms with van der Waals surface area (Å²) in [5.74, 6) is 8.29. The highest BCUT2D eigenvalue weighted by Crippen LogP contribution is 2.26. The SMILES string of the molecule is Cc1ccc(CSc2nnc(-c3ccoc3C)n2N)cc1. The number of aryl methyl sites for hydroxylation is 2. The summed E-state index contributed by atoms with van der Waals surface area (Å²) in [5, 5.41) is 8.99. The summed E-state index contributed by atoms with van der Waals surface area (Å²) in [7, 11) is 0. The maximum atomic E-state index is 6.08. The first-order valence-corrected chi connectivity index (χ1v) is 7.57. The van der Waals surface area contributed by atoms with Crippen LogP contribution in [0.5, 0.6) is 0 Å². The van der Waals surface area contributed by atoms with Gasteiger partial charge in [0.25, 0.3) is 0 Å². The van der Waals surface area contributed by atoms with Gasteiger partial charge in [0.2, 0.25) is 5.16 Å². The average molecular weight is 300 g/mol. The fourth-order valence-electron chi connectivity index (χ4n) is 2.01. The van der Waals surface area contributed by atoms with Crippen LogP contribution in [0, 0.1) is 13.8 Å². The number of benzene rings is 1. The van der Waals surface area contributed by atoms with Crippen LogP contribution in [0.2, 0.25) is 0 Å². The molecule has 21 heavy (non-hydrogen) atoms. The minimum absolute atomic E-state index is 0.618. The lowest BCUT2D eigenvalue weighted by Crippen LogP contribution is -2.11. The number of nitrogen functional groups attached to an aromatic ring is 1. The Bertz CT molecular complexity index is 745. The van der Waals surface area contributed by atoms with Gasteiger partial charge in [-0.15, -0.1) is 10.2 Å². The zero-order chi connectivity index (χ0) is 14.8. The Hall–Kier alpha value is -2.21. The predicted octanol–water partition coefficient (Wildman–Crippen LogP) is 3.16. The average Bonchev–Trinajstić information content (AvgIpc) is 3.04. The van der Waals surface area contributed by atoms with Crippen molar-refractivity contribution < 1.29 is 4.42 Å². The monoisotopic (exact) mass is 300 g/mol. The Labute approximate surface area is 127 Å². The van der Waals surface area contributed by atoms with Crippen molar-refractivity contribution in [3.05, 3.63) is 53.5 Å². The minimum Gasteiger partial charge on any atom is -0.469 e. The molecule has 0 radical (unpaired) electrons. The first-order valence-electron chi connectivity index (χ1n) is 6.58. The van der Waals surface area contributed by atoms with E-state index in [4.69, 9.17) is 10.3 Å². The van der Waals surface area contributed by atoms with Gasteiger partial charge in [-0.25, -0.2) is 4.68 Å². The standard InChI is InChI=1S/C15H16N4OS/c1-10-3-5-12(6-4-10)9-21-15-18-17-14(19(15)16)13-7-8-20-11(13)2/h3-8H,9,16H2,1-2H3. The molecule has 1 aromatic carbocycles. The normalized spacial score (nSPS) is 11.0. The summed E-state index contributed by atoms with van der Waals surface area (Å²) in [6.07, 6.45) is 1.62. The molecular formula is C15H16N4OS. The molecule has 0 saturated carbocycles. The van der Waals surface area contributed by atoms with Crippen LogP contribution in [0.15, 0.2) is 46.2 Å². The molecule has 0 atom stereocenters. The summed E-state index contributed by atoms with van der Waals surface area (Å²) in [6.45, 7) is 3.95. The largest absolute Gasteiger partial charge is 0.469 e. The van der Waals surface area contributed by atoms with E-state index in [1.165, 1.54) is 15.8 Å². The van der Waals surface area contributed by atoms with Crippen LogP contribution in [-0.4, -0.2) is 14.9 Å². The number of furan rings is 1. The third-order valence-corrected chi connectivity index (χ3v) is 4.27. The Morgan fingerprint density at radius 1 is 1.14 bits per heavy atom. The van der Waals surface area contributed by atoms with Crippen molar-refractivity contribution in [2.75, 3.05) is 5.84 Å². The Kier molecular flexibility index (Phi) is 3.70. The lowest BCUT2D eigenvalue weighted by Gasteiger charge is -2.03. The highest BCUT2D eigenvalue weighted by molar-refractivity contribution is 7.98. The van der Waals surface area contributed by atoms with Crippen LogP contribution in [0.25, 0.3) is 11.4 Å². The molecule has 3 rings (SSSR count). The highest BCUT2D eigenvalue weighted by atomic mass is 32.2. The van der Waals surface area contributed by atoms with Crippen molar-refractivity contribution >= 4 is 11.8 Å². The van der Waals surface area contributed by atoms with Crippen molar-refractivity contribution in [3.63, 3.8) is 0 Å². The molecule has 2 heterocycles. The van der Waals surface area contributed by atoms with E-state index < -0.39 is 0 Å². The zero-order valence-corrected chi connectivity index (χ0v) is 12.7. The van der Waals surface area contributed by atoms with Crippen LogP contribution in [-0.2, 0) is 5.75 Å². The molecule has 2 N–H and O–H groups in total. The minimum atomic E-state index is 0.618. The molecule has 0 aliphatic carbocycles. The number of hydrogen-bond acceptors (Lipinski definition) is 5. The molecule has 0 spiro atoms. The van der Waals surface area contributed by atoms with E-state index >= 15 is 0 Å². The number of aromatic nitrogens is 3. The van der Waals surface area contributed by atoms with Crippen LogP contribution < -0.4 is 5.84 Å². The van der Waals surface area contributed by atoms with Crippen molar-refractivity contribution in [2.45, 2.75) is 24.8 Å². The van der Waals surface area contributed by atoms with Gasteiger partial charge < -0.3 is 10.3 Å². The summed E-state index contributed by atoms with van der Waals surface area (Å²) in [4.78, 5) is 0. The van der Waals surface area contributed by atoms with Gasteiger partial charge in [0, 0.05) is 5.75 Å². The molecule has 0 amide bonds. The van der Waals surface area contributed by atoms with Crippen molar-refractivity contribution in [1.29, 1.82) is 0 Å². The van der Waals surface area contributed by atoms with Crippen LogP contribution in [0.1, 0.15) is 16.9 Å². The third-order valence-electron chi connectivity index (χ3n) is 3.25. The molecular weight excluding hydrogens is 284 g/mol. The maximum absolute atomic E-state index is 6.08. The molecule has 0 saturated heterocycles. The molecule has 3 aromatic rings. The van der Waals surface area contributed by atoms with Gasteiger partial charge >= 0.3 is 0 Å². The van der Waals surface area contributed by atoms with E-state index in [1.807, 2.05) is 13.0 Å². The smallest absolute Gasteiger partial charge is 0.210 e. The molecule has 5 nitrogen and oxygen atoms in total. The van der Waals surface area contributed by atoms with E-state index in [0.29, 0.717) is 11.0 Å². The fourth-order valence-corrected chi connectivity index (χ4v) is 2.82. The van der Waals surface area contributed by atoms with Crippen molar-refractivity contribution in [3.8, 4) is 11.4 Å². The number of thioether (sulfide) groups is 1. The van der Waals surface area contributed by atoms with Gasteiger partial charge in [0.15, 0.2) is 5.82 Å². The summed E-state index contributed by atoms with van der Waals surface area (Å²) < 4.78 is 6.79. The lowest BCUT2D eigenvalue weighted by atomic mass is 10.2. The summed E-state index contributed by atoms with van der Waals surface area (Å²) >= 11 is 1.56. The number of nitrogens with two attached hydrogens (primary N) is 1. The van der Waals surface area contributed by atoms with Crippen LogP contribution >= 0.6 is 11.8 Å². The van der Waals surface area contributed by atoms with E-state index in [0.717, 1.165) is 17.1 Å². The Balaban J connectivity index is 1.77. The van der Waals surface area contributed by atoms with Crippen LogP contribution in [0.3, 0.4) is 0 Å². The van der Waals surface area contributed by atoms with Gasteiger partial charge in [-0.05, 0) is 25.5 Å². The topological polar surface area (TPSA) is 69.9 Å². The molecule has 0 bridgehead atoms. The second-order valence-corrected chi connectivity index (χ2v) is 5.78. The van der Waals surface area contributed by atoms with Gasteiger partial charge in [-0.3, -0.25) is 0 Å². The molecule has 0 aliphatic rings. The summed E-state index contributed by atoms with van der Waals surface area (Å²) in [5.41, 5.74) is 3.35. The fraction of sp³-hybridized carbons (Fsp3) is 0.200. The van der Waals surface area contributed by atoms with E-state index in [-0.39, 0.29) is 0 Å². The summed E-state index contributed by atoms with van der Waals surface area (Å²) in [6, 6.07) is 10.3. The molecule has 6 heteroatoms. The van der Waals surface area contributed by atoms with Gasteiger partial charge in [-0.2, -0.15) is 0 Å². The first kappa shape index (κ1) is 13.8. The first-order chi connectivity index (χ1) is 10.1. The number of rotatable bonds is 4. The van der Waals surface area contributed by atoms with E-state index in [2.05, 4.69) is 41.4 Å². The molecule has 108 valence electrons. The van der Waals surface area contributed by atoms with Crippen molar-refractivity contribution in [2.24, 2.45) is 0 Å². The number of nitrogens with zero attached hydrogens (tertiary/aromatic N) is 3. The molecule has 0 unspecified atom stereocenters. The lowest BCUT2D eigenvalue weighted by molar-refractivity contribution is 0.535. The second-order valence-electron chi connectivity index (χ2n) is 4.84. The van der Waals surface area contributed by atoms with E-state index in [1.54, 1.807) is 18.0 Å².